The molecule has 5 heteroatoms. The van der Waals surface area contributed by atoms with Crippen molar-refractivity contribution in [3.63, 3.8) is 0 Å². The molecule has 1 rings (SSSR count). The summed E-state index contributed by atoms with van der Waals surface area (Å²) in [5.74, 6) is -2.43. The second-order valence-electron chi connectivity index (χ2n) is 3.15. The van der Waals surface area contributed by atoms with Gasteiger partial charge in [-0.25, -0.2) is 9.59 Å². The highest BCUT2D eigenvalue weighted by molar-refractivity contribution is 6.02. The van der Waals surface area contributed by atoms with E-state index in [1.165, 1.54) is 0 Å². The largest absolute Gasteiger partial charge is 0.478 e. The Hall–Kier alpha value is -1.78. The van der Waals surface area contributed by atoms with Crippen molar-refractivity contribution >= 4 is 11.9 Å². The van der Waals surface area contributed by atoms with E-state index in [1.54, 1.807) is 6.92 Å². The van der Waals surface area contributed by atoms with Crippen LogP contribution in [0.5, 0.6) is 0 Å². The van der Waals surface area contributed by atoms with E-state index >= 15 is 0 Å². The minimum atomic E-state index is -1.23. The molecule has 0 spiro atoms. The average Bonchev–Trinajstić information content (AvgIpc) is 2.55. The summed E-state index contributed by atoms with van der Waals surface area (Å²) in [5, 5.41) is 17.8. The zero-order chi connectivity index (χ0) is 11.6. The molecule has 0 aliphatic rings. The number of hydrogen-bond donors (Lipinski definition) is 3. The molecule has 0 bridgehead atoms. The summed E-state index contributed by atoms with van der Waals surface area (Å²) in [6, 6.07) is 0. The molecule has 0 aromatic carbocycles. The fourth-order valence-corrected chi connectivity index (χ4v) is 1.68. The summed E-state index contributed by atoms with van der Waals surface area (Å²) in [6.45, 7) is 3.66. The minimum absolute atomic E-state index is 0.109. The molecule has 0 unspecified atom stereocenters. The van der Waals surface area contributed by atoms with Crippen molar-refractivity contribution in [2.75, 3.05) is 0 Å². The molecule has 0 radical (unpaired) electrons. The molecular formula is C10H13NO4. The van der Waals surface area contributed by atoms with E-state index in [2.05, 4.69) is 4.98 Å². The highest BCUT2D eigenvalue weighted by Gasteiger charge is 2.24. The molecule has 0 amide bonds. The van der Waals surface area contributed by atoms with Crippen molar-refractivity contribution in [3.8, 4) is 0 Å². The number of aryl methyl sites for hydroxylation is 1. The van der Waals surface area contributed by atoms with Crippen LogP contribution in [-0.2, 0) is 12.8 Å². The van der Waals surface area contributed by atoms with Crippen LogP contribution in [0.4, 0.5) is 0 Å². The molecule has 0 aliphatic carbocycles. The Balaban J connectivity index is 3.46. The Bertz CT molecular complexity index is 406. The summed E-state index contributed by atoms with van der Waals surface area (Å²) in [6.07, 6.45) is 1.10. The molecule has 1 aromatic heterocycles. The molecule has 3 N–H and O–H groups in total. The Labute approximate surface area is 86.7 Å². The van der Waals surface area contributed by atoms with Gasteiger partial charge in [0.15, 0.2) is 0 Å². The first kappa shape index (κ1) is 11.3. The third-order valence-corrected chi connectivity index (χ3v) is 2.33. The van der Waals surface area contributed by atoms with E-state index in [4.69, 9.17) is 10.2 Å². The standard InChI is InChI=1S/C10H13NO4/c1-3-5-6(4-2)11-8(10(14)15)7(5)9(12)13/h11H,3-4H2,1-2H3,(H,12,13)(H,14,15). The number of aromatic amines is 1. The zero-order valence-corrected chi connectivity index (χ0v) is 8.63. The SMILES string of the molecule is CCc1[nH]c(C(=O)O)c(C(=O)O)c1CC. The second kappa shape index (κ2) is 4.16. The van der Waals surface area contributed by atoms with E-state index in [1.807, 2.05) is 6.92 Å². The Morgan fingerprint density at radius 3 is 2.07 bits per heavy atom. The topological polar surface area (TPSA) is 90.4 Å². The highest BCUT2D eigenvalue weighted by atomic mass is 16.4. The molecule has 1 aromatic rings. The maximum Gasteiger partial charge on any atom is 0.353 e. The van der Waals surface area contributed by atoms with Gasteiger partial charge in [-0.15, -0.1) is 0 Å². The number of carboxylic acids is 2. The van der Waals surface area contributed by atoms with Crippen LogP contribution in [0.25, 0.3) is 0 Å². The van der Waals surface area contributed by atoms with E-state index < -0.39 is 11.9 Å². The van der Waals surface area contributed by atoms with Gasteiger partial charge >= 0.3 is 11.9 Å². The van der Waals surface area contributed by atoms with Crippen LogP contribution in [0.15, 0.2) is 0 Å². The maximum atomic E-state index is 11.0. The molecule has 0 aliphatic heterocycles. The molecule has 0 atom stereocenters. The van der Waals surface area contributed by atoms with Crippen LogP contribution < -0.4 is 0 Å². The average molecular weight is 211 g/mol. The fraction of sp³-hybridized carbons (Fsp3) is 0.400. The molecule has 1 heterocycles. The van der Waals surface area contributed by atoms with Gasteiger partial charge in [-0.05, 0) is 18.4 Å². The lowest BCUT2D eigenvalue weighted by atomic mass is 10.1. The first-order valence-electron chi connectivity index (χ1n) is 4.73. The van der Waals surface area contributed by atoms with E-state index in [-0.39, 0.29) is 11.3 Å². The predicted octanol–water partition coefficient (Wildman–Crippen LogP) is 1.54. The van der Waals surface area contributed by atoms with Crippen molar-refractivity contribution in [2.24, 2.45) is 0 Å². The van der Waals surface area contributed by atoms with Gasteiger partial charge in [0.2, 0.25) is 0 Å². The van der Waals surface area contributed by atoms with Crippen LogP contribution in [-0.4, -0.2) is 27.1 Å². The maximum absolute atomic E-state index is 11.0. The van der Waals surface area contributed by atoms with Crippen molar-refractivity contribution in [3.05, 3.63) is 22.5 Å². The molecule has 0 saturated carbocycles. The number of nitrogens with one attached hydrogen (secondary N) is 1. The summed E-state index contributed by atoms with van der Waals surface area (Å²) in [5.41, 5.74) is 0.938. The van der Waals surface area contributed by atoms with Gasteiger partial charge in [0.1, 0.15) is 5.69 Å². The Morgan fingerprint density at radius 1 is 1.13 bits per heavy atom. The quantitative estimate of drug-likeness (QED) is 0.704. The predicted molar refractivity (Wildman–Crippen MR) is 53.5 cm³/mol. The van der Waals surface area contributed by atoms with E-state index in [9.17, 15) is 9.59 Å². The van der Waals surface area contributed by atoms with Crippen molar-refractivity contribution in [1.82, 2.24) is 4.98 Å². The first-order valence-corrected chi connectivity index (χ1v) is 4.73. The second-order valence-corrected chi connectivity index (χ2v) is 3.15. The smallest absolute Gasteiger partial charge is 0.353 e. The summed E-state index contributed by atoms with van der Waals surface area (Å²) >= 11 is 0. The summed E-state index contributed by atoms with van der Waals surface area (Å²) < 4.78 is 0. The van der Waals surface area contributed by atoms with Gasteiger partial charge in [-0.1, -0.05) is 13.8 Å². The van der Waals surface area contributed by atoms with Gasteiger partial charge in [0.05, 0.1) is 5.56 Å². The number of hydrogen-bond acceptors (Lipinski definition) is 2. The number of carboxylic acid groups (broad SMARTS) is 2. The van der Waals surface area contributed by atoms with Crippen LogP contribution in [0.1, 0.15) is 46.0 Å². The minimum Gasteiger partial charge on any atom is -0.478 e. The van der Waals surface area contributed by atoms with Gasteiger partial charge in [0.25, 0.3) is 0 Å². The third kappa shape index (κ3) is 1.86. The lowest BCUT2D eigenvalue weighted by Crippen LogP contribution is -2.07. The number of aromatic nitrogens is 1. The normalized spacial score (nSPS) is 10.3. The molecular weight excluding hydrogens is 198 g/mol. The molecule has 5 nitrogen and oxygen atoms in total. The number of carbonyl (C=O) groups is 2. The highest BCUT2D eigenvalue weighted by Crippen LogP contribution is 2.20. The van der Waals surface area contributed by atoms with Crippen LogP contribution in [0.3, 0.4) is 0 Å². The third-order valence-electron chi connectivity index (χ3n) is 2.33. The van der Waals surface area contributed by atoms with Crippen LogP contribution in [0, 0.1) is 0 Å². The van der Waals surface area contributed by atoms with E-state index in [0.29, 0.717) is 24.1 Å². The van der Waals surface area contributed by atoms with Gasteiger partial charge in [0, 0.05) is 5.69 Å². The molecule has 0 saturated heterocycles. The lowest BCUT2D eigenvalue weighted by molar-refractivity contribution is 0.0647. The Kier molecular flexibility index (Phi) is 3.14. The van der Waals surface area contributed by atoms with Gasteiger partial charge in [-0.3, -0.25) is 0 Å². The van der Waals surface area contributed by atoms with Crippen LogP contribution in [0.2, 0.25) is 0 Å². The molecule has 82 valence electrons. The summed E-state index contributed by atoms with van der Waals surface area (Å²) in [7, 11) is 0. The first-order chi connectivity index (χ1) is 7.02. The molecule has 0 fully saturated rings. The summed E-state index contributed by atoms with van der Waals surface area (Å²) in [4.78, 5) is 24.4. The Morgan fingerprint density at radius 2 is 1.73 bits per heavy atom. The van der Waals surface area contributed by atoms with Gasteiger partial charge < -0.3 is 15.2 Å². The molecule has 15 heavy (non-hydrogen) atoms. The van der Waals surface area contributed by atoms with Crippen molar-refractivity contribution in [1.29, 1.82) is 0 Å². The monoisotopic (exact) mass is 211 g/mol. The lowest BCUT2D eigenvalue weighted by Gasteiger charge is -1.98. The zero-order valence-electron chi connectivity index (χ0n) is 8.63. The number of H-pyrrole nitrogens is 1. The van der Waals surface area contributed by atoms with E-state index in [0.717, 1.165) is 0 Å². The fourth-order valence-electron chi connectivity index (χ4n) is 1.68. The number of rotatable bonds is 4. The van der Waals surface area contributed by atoms with Crippen molar-refractivity contribution < 1.29 is 19.8 Å². The van der Waals surface area contributed by atoms with Crippen molar-refractivity contribution in [2.45, 2.75) is 26.7 Å². The van der Waals surface area contributed by atoms with Crippen LogP contribution >= 0.6 is 0 Å². The van der Waals surface area contributed by atoms with Gasteiger partial charge in [-0.2, -0.15) is 0 Å². The number of aromatic carboxylic acids is 2.